The normalized spacial score (nSPS) is 18.3. The zero-order valence-electron chi connectivity index (χ0n) is 12.7. The number of nitrogens with zero attached hydrogens (tertiary/aromatic N) is 1. The lowest BCUT2D eigenvalue weighted by atomic mass is 9.92. The highest BCUT2D eigenvalue weighted by atomic mass is 16.5. The summed E-state index contributed by atoms with van der Waals surface area (Å²) in [4.78, 5) is 14.2. The molecular weight excluding hydrogens is 266 g/mol. The number of amides is 1. The maximum Gasteiger partial charge on any atom is 0.234 e. The van der Waals surface area contributed by atoms with Crippen molar-refractivity contribution in [3.05, 3.63) is 35.4 Å². The smallest absolute Gasteiger partial charge is 0.234 e. The Morgan fingerprint density at radius 3 is 3.05 bits per heavy atom. The van der Waals surface area contributed by atoms with Gasteiger partial charge in [-0.2, -0.15) is 0 Å². The zero-order chi connectivity index (χ0) is 15.1. The number of methoxy groups -OCH3 is 1. The van der Waals surface area contributed by atoms with Crippen molar-refractivity contribution >= 4 is 5.91 Å². The van der Waals surface area contributed by atoms with Crippen LogP contribution in [0.2, 0.25) is 0 Å². The van der Waals surface area contributed by atoms with Crippen LogP contribution in [0.5, 0.6) is 0 Å². The third-order valence-corrected chi connectivity index (χ3v) is 3.94. The van der Waals surface area contributed by atoms with Gasteiger partial charge in [-0.15, -0.1) is 0 Å². The molecule has 116 valence electrons. The number of carbonyl (C=O) groups excluding carboxylic acids is 1. The van der Waals surface area contributed by atoms with E-state index in [1.807, 2.05) is 6.07 Å². The van der Waals surface area contributed by atoms with Crippen LogP contribution in [-0.2, 0) is 16.0 Å². The highest BCUT2D eigenvalue weighted by Crippen LogP contribution is 2.28. The van der Waals surface area contributed by atoms with E-state index in [1.165, 1.54) is 11.1 Å². The number of nitrogens with two attached hydrogens (primary N) is 1. The molecule has 0 spiro atoms. The van der Waals surface area contributed by atoms with Crippen molar-refractivity contribution in [2.24, 2.45) is 5.73 Å². The van der Waals surface area contributed by atoms with Gasteiger partial charge in [0.05, 0.1) is 6.54 Å². The second-order valence-corrected chi connectivity index (χ2v) is 5.37. The van der Waals surface area contributed by atoms with E-state index in [-0.39, 0.29) is 11.9 Å². The molecule has 0 fully saturated rings. The molecule has 0 bridgehead atoms. The molecule has 0 aromatic heterocycles. The van der Waals surface area contributed by atoms with Crippen molar-refractivity contribution < 1.29 is 9.53 Å². The Kier molecular flexibility index (Phi) is 6.17. The van der Waals surface area contributed by atoms with Crippen molar-refractivity contribution in [1.82, 2.24) is 10.2 Å². The molecule has 1 atom stereocenters. The van der Waals surface area contributed by atoms with Gasteiger partial charge in [-0.25, -0.2) is 0 Å². The van der Waals surface area contributed by atoms with Crippen molar-refractivity contribution in [1.29, 1.82) is 0 Å². The first-order valence-electron chi connectivity index (χ1n) is 7.53. The van der Waals surface area contributed by atoms with Gasteiger partial charge in [0, 0.05) is 39.4 Å². The zero-order valence-corrected chi connectivity index (χ0v) is 12.7. The predicted octanol–water partition coefficient (Wildman–Crippen LogP) is 0.697. The van der Waals surface area contributed by atoms with Crippen molar-refractivity contribution in [2.45, 2.75) is 18.9 Å². The van der Waals surface area contributed by atoms with E-state index in [9.17, 15) is 4.79 Å². The number of ether oxygens (including phenoxy) is 1. The molecule has 1 aromatic carbocycles. The van der Waals surface area contributed by atoms with Gasteiger partial charge in [-0.1, -0.05) is 24.3 Å². The number of carbonyl (C=O) groups is 1. The molecule has 21 heavy (non-hydrogen) atoms. The molecule has 0 radical (unpaired) electrons. The first-order chi connectivity index (χ1) is 10.3. The molecule has 1 amide bonds. The van der Waals surface area contributed by atoms with E-state index in [1.54, 1.807) is 7.11 Å². The average Bonchev–Trinajstić information content (AvgIpc) is 2.51. The second kappa shape index (κ2) is 8.12. The predicted molar refractivity (Wildman–Crippen MR) is 83.0 cm³/mol. The van der Waals surface area contributed by atoms with Crippen LogP contribution in [0.15, 0.2) is 24.3 Å². The Morgan fingerprint density at radius 2 is 2.29 bits per heavy atom. The van der Waals surface area contributed by atoms with Crippen molar-refractivity contribution in [3.8, 4) is 0 Å². The fourth-order valence-electron chi connectivity index (χ4n) is 2.85. The standard InChI is InChI=1S/C16H25N3O2/c1-21-10-4-8-18-16(20)12-19-9-7-13-5-2-3-6-14(13)15(19)11-17/h2-3,5-6,15H,4,7-12,17H2,1H3,(H,18,20). The molecule has 1 aromatic rings. The summed E-state index contributed by atoms with van der Waals surface area (Å²) in [5.41, 5.74) is 8.55. The van der Waals surface area contributed by atoms with Crippen LogP contribution in [0.3, 0.4) is 0 Å². The third kappa shape index (κ3) is 4.27. The van der Waals surface area contributed by atoms with Crippen LogP contribution in [-0.4, -0.2) is 50.7 Å². The molecule has 1 unspecified atom stereocenters. The number of hydrogen-bond donors (Lipinski definition) is 2. The lowest BCUT2D eigenvalue weighted by Crippen LogP contribution is -2.45. The average molecular weight is 291 g/mol. The highest BCUT2D eigenvalue weighted by Gasteiger charge is 2.27. The van der Waals surface area contributed by atoms with Gasteiger partial charge in [0.2, 0.25) is 5.91 Å². The Hall–Kier alpha value is -1.43. The Balaban J connectivity index is 1.90. The summed E-state index contributed by atoms with van der Waals surface area (Å²) in [7, 11) is 1.67. The molecule has 1 aliphatic rings. The van der Waals surface area contributed by atoms with Gasteiger partial charge in [0.15, 0.2) is 0 Å². The number of benzene rings is 1. The fraction of sp³-hybridized carbons (Fsp3) is 0.562. The van der Waals surface area contributed by atoms with E-state index in [4.69, 9.17) is 10.5 Å². The van der Waals surface area contributed by atoms with Crippen molar-refractivity contribution in [3.63, 3.8) is 0 Å². The minimum atomic E-state index is 0.0592. The minimum absolute atomic E-state index is 0.0592. The minimum Gasteiger partial charge on any atom is -0.385 e. The maximum absolute atomic E-state index is 12.0. The number of hydrogen-bond acceptors (Lipinski definition) is 4. The van der Waals surface area contributed by atoms with E-state index in [0.717, 1.165) is 19.4 Å². The van der Waals surface area contributed by atoms with Crippen LogP contribution in [0.1, 0.15) is 23.6 Å². The van der Waals surface area contributed by atoms with Crippen LogP contribution >= 0.6 is 0 Å². The summed E-state index contributed by atoms with van der Waals surface area (Å²) in [6, 6.07) is 8.51. The molecule has 5 heteroatoms. The summed E-state index contributed by atoms with van der Waals surface area (Å²) in [5.74, 6) is 0.0592. The lowest BCUT2D eigenvalue weighted by Gasteiger charge is -2.36. The Bertz CT molecular complexity index is 465. The van der Waals surface area contributed by atoms with Gasteiger partial charge >= 0.3 is 0 Å². The van der Waals surface area contributed by atoms with Gasteiger partial charge < -0.3 is 15.8 Å². The molecule has 1 aliphatic heterocycles. The first kappa shape index (κ1) is 15.9. The summed E-state index contributed by atoms with van der Waals surface area (Å²) < 4.78 is 4.97. The SMILES string of the molecule is COCCCNC(=O)CN1CCc2ccccc2C1CN. The van der Waals surface area contributed by atoms with E-state index in [0.29, 0.717) is 26.2 Å². The summed E-state index contributed by atoms with van der Waals surface area (Å²) in [5, 5.41) is 2.93. The Morgan fingerprint density at radius 1 is 1.48 bits per heavy atom. The summed E-state index contributed by atoms with van der Waals surface area (Å²) >= 11 is 0. The molecule has 1 heterocycles. The monoisotopic (exact) mass is 291 g/mol. The lowest BCUT2D eigenvalue weighted by molar-refractivity contribution is -0.122. The van der Waals surface area contributed by atoms with E-state index >= 15 is 0 Å². The van der Waals surface area contributed by atoms with Crippen LogP contribution in [0.25, 0.3) is 0 Å². The van der Waals surface area contributed by atoms with E-state index in [2.05, 4.69) is 28.4 Å². The van der Waals surface area contributed by atoms with Crippen LogP contribution in [0, 0.1) is 0 Å². The second-order valence-electron chi connectivity index (χ2n) is 5.37. The number of fused-ring (bicyclic) bond motifs is 1. The number of rotatable bonds is 7. The quantitative estimate of drug-likeness (QED) is 0.726. The highest BCUT2D eigenvalue weighted by molar-refractivity contribution is 5.78. The molecule has 2 rings (SSSR count). The largest absolute Gasteiger partial charge is 0.385 e. The van der Waals surface area contributed by atoms with Gasteiger partial charge in [-0.3, -0.25) is 9.69 Å². The van der Waals surface area contributed by atoms with Gasteiger partial charge in [0.25, 0.3) is 0 Å². The maximum atomic E-state index is 12.0. The van der Waals surface area contributed by atoms with Gasteiger partial charge in [-0.05, 0) is 24.0 Å². The molecule has 0 saturated heterocycles. The molecule has 3 N–H and O–H groups in total. The van der Waals surface area contributed by atoms with Gasteiger partial charge in [0.1, 0.15) is 0 Å². The summed E-state index contributed by atoms with van der Waals surface area (Å²) in [6.45, 7) is 3.15. The topological polar surface area (TPSA) is 67.6 Å². The number of nitrogens with one attached hydrogen (secondary N) is 1. The van der Waals surface area contributed by atoms with E-state index < -0.39 is 0 Å². The van der Waals surface area contributed by atoms with Crippen LogP contribution in [0.4, 0.5) is 0 Å². The van der Waals surface area contributed by atoms with Crippen molar-refractivity contribution in [2.75, 3.05) is 39.9 Å². The Labute approximate surface area is 126 Å². The molecule has 0 saturated carbocycles. The molecule has 5 nitrogen and oxygen atoms in total. The molecule has 0 aliphatic carbocycles. The summed E-state index contributed by atoms with van der Waals surface area (Å²) in [6.07, 6.45) is 1.81. The third-order valence-electron chi connectivity index (χ3n) is 3.94. The first-order valence-corrected chi connectivity index (χ1v) is 7.53. The molecular formula is C16H25N3O2. The van der Waals surface area contributed by atoms with Crippen LogP contribution < -0.4 is 11.1 Å². The fourth-order valence-corrected chi connectivity index (χ4v) is 2.85.